The van der Waals surface area contributed by atoms with Crippen molar-refractivity contribution >= 4 is 49.7 Å². The summed E-state index contributed by atoms with van der Waals surface area (Å²) < 4.78 is 17.2. The van der Waals surface area contributed by atoms with Gasteiger partial charge in [-0.05, 0) is 64.9 Å². The van der Waals surface area contributed by atoms with Gasteiger partial charge in [0.1, 0.15) is 17.3 Å². The van der Waals surface area contributed by atoms with E-state index in [9.17, 15) is 0 Å². The zero-order valence-electron chi connectivity index (χ0n) is 33.0. The van der Waals surface area contributed by atoms with Crippen LogP contribution in [0.5, 0.6) is 0 Å². The molecule has 0 aliphatic heterocycles. The molecular formula is C54H37FN6. The number of nitrogens with zero attached hydrogens (tertiary/aromatic N) is 5. The molecule has 7 heteroatoms. The van der Waals surface area contributed by atoms with E-state index in [0.29, 0.717) is 40.0 Å². The summed E-state index contributed by atoms with van der Waals surface area (Å²) in [6.45, 7) is 4.55. The third-order valence-electron chi connectivity index (χ3n) is 10.8. The van der Waals surface area contributed by atoms with Crippen molar-refractivity contribution in [2.75, 3.05) is 0 Å². The van der Waals surface area contributed by atoms with E-state index in [1.54, 1.807) is 6.07 Å². The summed E-state index contributed by atoms with van der Waals surface area (Å²) >= 11 is 0. The summed E-state index contributed by atoms with van der Waals surface area (Å²) in [6, 6.07) is 63.0. The lowest BCUT2D eigenvalue weighted by molar-refractivity contribution is 0.629. The molecule has 0 fully saturated rings. The van der Waals surface area contributed by atoms with Crippen LogP contribution < -0.4 is 5.73 Å². The number of pyridine rings is 1. The van der Waals surface area contributed by atoms with Crippen molar-refractivity contribution in [1.29, 1.82) is 0 Å². The minimum Gasteiger partial charge on any atom is -0.398 e. The van der Waals surface area contributed by atoms with Crippen molar-refractivity contribution in [3.63, 3.8) is 0 Å². The molecule has 7 aromatic carbocycles. The molecule has 3 aromatic heterocycles. The van der Waals surface area contributed by atoms with Crippen molar-refractivity contribution in [2.24, 2.45) is 10.7 Å². The lowest BCUT2D eigenvalue weighted by atomic mass is 10.0. The molecule has 0 amide bonds. The molecule has 0 aliphatic rings. The maximum absolute atomic E-state index is 15.2. The Hall–Kier alpha value is -8.29. The number of halogens is 1. The number of hydrogen-bond donors (Lipinski definition) is 1. The van der Waals surface area contributed by atoms with Gasteiger partial charge in [0.25, 0.3) is 0 Å². The van der Waals surface area contributed by atoms with E-state index in [2.05, 4.69) is 35.4 Å². The van der Waals surface area contributed by atoms with Crippen LogP contribution >= 0.6 is 0 Å². The SMILES string of the molecule is C=C(N=C(/C=C(\N)c1ccccc1)c1ccccc1)c1cc(-c2nc(-c3ccccc3)cc(-c3ccccc3)n2)nc(-n2c3ccc(F)cc3c3c4ccccc4ccc32)c1. The van der Waals surface area contributed by atoms with Crippen LogP contribution in [0.2, 0.25) is 0 Å². The Labute approximate surface area is 352 Å². The molecule has 0 unspecified atom stereocenters. The molecule has 290 valence electrons. The predicted octanol–water partition coefficient (Wildman–Crippen LogP) is 12.7. The molecule has 6 nitrogen and oxygen atoms in total. The van der Waals surface area contributed by atoms with Crippen LogP contribution in [0.3, 0.4) is 0 Å². The monoisotopic (exact) mass is 788 g/mol. The fourth-order valence-corrected chi connectivity index (χ4v) is 7.86. The molecule has 3 heterocycles. The highest BCUT2D eigenvalue weighted by atomic mass is 19.1. The van der Waals surface area contributed by atoms with E-state index in [0.717, 1.165) is 66.2 Å². The number of allylic oxidation sites excluding steroid dienone is 1. The van der Waals surface area contributed by atoms with Gasteiger partial charge in [0.05, 0.1) is 33.8 Å². The quantitative estimate of drug-likeness (QED) is 0.148. The second kappa shape index (κ2) is 15.8. The third-order valence-corrected chi connectivity index (χ3v) is 10.8. The van der Waals surface area contributed by atoms with Gasteiger partial charge in [-0.3, -0.25) is 4.57 Å². The first kappa shape index (κ1) is 37.0. The zero-order chi connectivity index (χ0) is 41.3. The number of aliphatic imine (C=N–C) groups is 1. The van der Waals surface area contributed by atoms with Crippen LogP contribution in [-0.2, 0) is 0 Å². The minimum atomic E-state index is -0.319. The van der Waals surface area contributed by atoms with E-state index >= 15 is 4.39 Å². The second-order valence-electron chi connectivity index (χ2n) is 14.7. The molecule has 0 atom stereocenters. The molecular weight excluding hydrogens is 752 g/mol. The first-order valence-electron chi connectivity index (χ1n) is 20.0. The second-order valence-corrected chi connectivity index (χ2v) is 14.7. The van der Waals surface area contributed by atoms with E-state index in [4.69, 9.17) is 25.7 Å². The Bertz CT molecular complexity index is 3260. The average molecular weight is 789 g/mol. The maximum atomic E-state index is 15.2. The minimum absolute atomic E-state index is 0.319. The Morgan fingerprint density at radius 2 is 1.13 bits per heavy atom. The van der Waals surface area contributed by atoms with Crippen LogP contribution in [0.4, 0.5) is 4.39 Å². The smallest absolute Gasteiger partial charge is 0.179 e. The van der Waals surface area contributed by atoms with Crippen LogP contribution in [0.1, 0.15) is 16.7 Å². The van der Waals surface area contributed by atoms with Gasteiger partial charge in [0, 0.05) is 38.7 Å². The molecule has 0 saturated carbocycles. The molecule has 61 heavy (non-hydrogen) atoms. The number of rotatable bonds is 9. The van der Waals surface area contributed by atoms with Crippen molar-refractivity contribution in [1.82, 2.24) is 19.5 Å². The van der Waals surface area contributed by atoms with Gasteiger partial charge in [-0.1, -0.05) is 158 Å². The number of nitrogens with two attached hydrogens (primary N) is 1. The van der Waals surface area contributed by atoms with Crippen LogP contribution in [0, 0.1) is 5.82 Å². The van der Waals surface area contributed by atoms with Gasteiger partial charge >= 0.3 is 0 Å². The lowest BCUT2D eigenvalue weighted by Gasteiger charge is -2.14. The summed E-state index contributed by atoms with van der Waals surface area (Å²) in [5.41, 5.74) is 16.4. The summed E-state index contributed by atoms with van der Waals surface area (Å²) in [7, 11) is 0. The molecule has 0 spiro atoms. The number of benzene rings is 7. The van der Waals surface area contributed by atoms with Crippen LogP contribution in [-0.4, -0.2) is 25.2 Å². The average Bonchev–Trinajstić information content (AvgIpc) is 3.66. The summed E-state index contributed by atoms with van der Waals surface area (Å²) in [5.74, 6) is 0.676. The number of aromatic nitrogens is 4. The highest BCUT2D eigenvalue weighted by molar-refractivity contribution is 6.21. The standard InChI is InChI=1S/C54H37FN6/c1-35(57-46(38-19-8-3-9-20-38)33-45(56)37-17-6-2-7-18-37)41-30-49(54-59-47(39-21-10-4-11-22-39)34-48(60-54)40-23-12-5-13-24-40)58-52(31-41)61-50-29-27-42(55)32-44(50)53-43-25-15-14-16-36(43)26-28-51(53)61/h2-34H,1,56H2/b45-33-,57-46?. The number of fused-ring (bicyclic) bond motifs is 5. The van der Waals surface area contributed by atoms with Crippen molar-refractivity contribution in [3.8, 4) is 39.9 Å². The van der Waals surface area contributed by atoms with Gasteiger partial charge in [-0.25, -0.2) is 24.3 Å². The van der Waals surface area contributed by atoms with Gasteiger partial charge in [0.15, 0.2) is 5.82 Å². The molecule has 10 rings (SSSR count). The van der Waals surface area contributed by atoms with Crippen molar-refractivity contribution < 1.29 is 4.39 Å². The molecule has 2 N–H and O–H groups in total. The largest absolute Gasteiger partial charge is 0.398 e. The highest BCUT2D eigenvalue weighted by Crippen LogP contribution is 2.38. The third kappa shape index (κ3) is 7.26. The molecule has 10 aromatic rings. The van der Waals surface area contributed by atoms with Crippen molar-refractivity contribution in [3.05, 3.63) is 229 Å². The summed E-state index contributed by atoms with van der Waals surface area (Å²) in [4.78, 5) is 20.8. The molecule has 0 bridgehead atoms. The van der Waals surface area contributed by atoms with Crippen LogP contribution in [0.25, 0.3) is 83.8 Å². The summed E-state index contributed by atoms with van der Waals surface area (Å²) in [6.07, 6.45) is 1.88. The Balaban J connectivity index is 1.24. The molecule has 0 radical (unpaired) electrons. The first-order chi connectivity index (χ1) is 30.0. The summed E-state index contributed by atoms with van der Waals surface area (Å²) in [5, 5.41) is 3.78. The normalized spacial score (nSPS) is 12.0. The maximum Gasteiger partial charge on any atom is 0.179 e. The van der Waals surface area contributed by atoms with Gasteiger partial charge in [0.2, 0.25) is 0 Å². The number of hydrogen-bond acceptors (Lipinski definition) is 5. The van der Waals surface area contributed by atoms with E-state index in [1.165, 1.54) is 6.07 Å². The Kier molecular flexibility index (Phi) is 9.59. The molecule has 0 saturated heterocycles. The zero-order valence-corrected chi connectivity index (χ0v) is 33.0. The highest BCUT2D eigenvalue weighted by Gasteiger charge is 2.20. The van der Waals surface area contributed by atoms with E-state index < -0.39 is 0 Å². The van der Waals surface area contributed by atoms with Gasteiger partial charge in [-0.2, -0.15) is 0 Å². The topological polar surface area (TPSA) is 82.0 Å². The predicted molar refractivity (Wildman–Crippen MR) is 249 cm³/mol. The molecule has 0 aliphatic carbocycles. The van der Waals surface area contributed by atoms with Crippen LogP contribution in [0.15, 0.2) is 212 Å². The fraction of sp³-hybridized carbons (Fsp3) is 0. The van der Waals surface area contributed by atoms with E-state index in [-0.39, 0.29) is 5.82 Å². The van der Waals surface area contributed by atoms with Gasteiger partial charge in [-0.15, -0.1) is 0 Å². The van der Waals surface area contributed by atoms with Crippen molar-refractivity contribution in [2.45, 2.75) is 0 Å². The fourth-order valence-electron chi connectivity index (χ4n) is 7.86. The first-order valence-corrected chi connectivity index (χ1v) is 20.0. The van der Waals surface area contributed by atoms with E-state index in [1.807, 2.05) is 164 Å². The Morgan fingerprint density at radius 1 is 0.541 bits per heavy atom. The Morgan fingerprint density at radius 3 is 1.80 bits per heavy atom. The lowest BCUT2D eigenvalue weighted by Crippen LogP contribution is -2.05. The van der Waals surface area contributed by atoms with Gasteiger partial charge < -0.3 is 5.73 Å².